The van der Waals surface area contributed by atoms with Crippen molar-refractivity contribution >= 4 is 30.0 Å². The van der Waals surface area contributed by atoms with Crippen LogP contribution >= 0.6 is 0 Å². The fourth-order valence-electron chi connectivity index (χ4n) is 5.04. The summed E-state index contributed by atoms with van der Waals surface area (Å²) >= 11 is 0. The van der Waals surface area contributed by atoms with E-state index < -0.39 is 42.1 Å². The summed E-state index contributed by atoms with van der Waals surface area (Å²) in [5.41, 5.74) is 3.16. The Balaban J connectivity index is 1.35. The molecule has 0 saturated carbocycles. The normalized spacial score (nSPS) is 11.6. The smallest absolute Gasteiger partial charge is 0.408 e. The lowest BCUT2D eigenvalue weighted by Crippen LogP contribution is -2.52. The Bertz CT molecular complexity index is 1710. The number of esters is 2. The molecular weight excluding hydrogens is 678 g/mol. The van der Waals surface area contributed by atoms with E-state index in [1.807, 2.05) is 97.1 Å². The molecule has 0 saturated heterocycles. The highest BCUT2D eigenvalue weighted by atomic mass is 16.6. The maximum Gasteiger partial charge on any atom is 0.408 e. The maximum absolute atomic E-state index is 13.7. The van der Waals surface area contributed by atoms with Crippen LogP contribution in [0.2, 0.25) is 0 Å². The van der Waals surface area contributed by atoms with Gasteiger partial charge in [-0.2, -0.15) is 0 Å². The molecule has 2 atom stereocenters. The summed E-state index contributed by atoms with van der Waals surface area (Å²) in [5.74, 6) is -1.98. The second kappa shape index (κ2) is 22.6. The molecule has 0 aliphatic carbocycles. The van der Waals surface area contributed by atoms with Gasteiger partial charge in [-0.1, -0.05) is 121 Å². The molecule has 3 N–H and O–H groups in total. The minimum Gasteiger partial charge on any atom is -0.461 e. The largest absolute Gasteiger partial charge is 0.461 e. The lowest BCUT2D eigenvalue weighted by molar-refractivity contribution is -0.150. The minimum absolute atomic E-state index is 0.0183. The Hall–Kier alpha value is -6.17. The summed E-state index contributed by atoms with van der Waals surface area (Å²) in [6.07, 6.45) is -0.674. The average Bonchev–Trinajstić information content (AvgIpc) is 3.20. The number of carbonyl (C=O) groups excluding carboxylic acids is 5. The van der Waals surface area contributed by atoms with Gasteiger partial charge in [0.15, 0.2) is 0 Å². The lowest BCUT2D eigenvalue weighted by Gasteiger charge is -2.22. The van der Waals surface area contributed by atoms with Gasteiger partial charge in [-0.3, -0.25) is 9.59 Å². The molecule has 12 heteroatoms. The molecule has 4 aromatic carbocycles. The van der Waals surface area contributed by atoms with Crippen molar-refractivity contribution in [2.24, 2.45) is 0 Å². The Labute approximate surface area is 309 Å². The van der Waals surface area contributed by atoms with E-state index in [4.69, 9.17) is 18.9 Å². The SMILES string of the molecule is O=C(CC[C@H](NC(=O)[C@H](CCCCNC(=O)OCc1ccccc1)NC(=O)OCc1ccccc1)C(=O)OCc1ccccc1)OCc1ccccc1. The monoisotopic (exact) mass is 723 g/mol. The average molecular weight is 724 g/mol. The van der Waals surface area contributed by atoms with E-state index in [0.717, 1.165) is 22.3 Å². The number of hydrogen-bond donors (Lipinski definition) is 3. The highest BCUT2D eigenvalue weighted by molar-refractivity contribution is 5.90. The summed E-state index contributed by atoms with van der Waals surface area (Å²) in [4.78, 5) is 64.6. The molecule has 0 heterocycles. The molecule has 0 bridgehead atoms. The van der Waals surface area contributed by atoms with E-state index in [1.165, 1.54) is 0 Å². The zero-order chi connectivity index (χ0) is 37.5. The van der Waals surface area contributed by atoms with Gasteiger partial charge in [0, 0.05) is 13.0 Å². The van der Waals surface area contributed by atoms with Crippen LogP contribution in [0, 0.1) is 0 Å². The van der Waals surface area contributed by atoms with Gasteiger partial charge in [-0.05, 0) is 47.9 Å². The van der Waals surface area contributed by atoms with Gasteiger partial charge < -0.3 is 34.9 Å². The minimum atomic E-state index is -1.22. The molecule has 53 heavy (non-hydrogen) atoms. The van der Waals surface area contributed by atoms with Crippen LogP contribution in [0.4, 0.5) is 9.59 Å². The molecule has 0 aliphatic heterocycles. The van der Waals surface area contributed by atoms with Crippen molar-refractivity contribution in [1.29, 1.82) is 0 Å². The van der Waals surface area contributed by atoms with E-state index in [0.29, 0.717) is 12.8 Å². The summed E-state index contributed by atoms with van der Waals surface area (Å²) in [7, 11) is 0. The number of carbonyl (C=O) groups is 5. The number of unbranched alkanes of at least 4 members (excludes halogenated alkanes) is 1. The van der Waals surface area contributed by atoms with Crippen LogP contribution in [0.3, 0.4) is 0 Å². The number of hydrogen-bond acceptors (Lipinski definition) is 9. The van der Waals surface area contributed by atoms with Crippen LogP contribution in [0.5, 0.6) is 0 Å². The molecule has 0 fully saturated rings. The third kappa shape index (κ3) is 15.7. The number of benzene rings is 4. The van der Waals surface area contributed by atoms with Crippen molar-refractivity contribution in [3.8, 4) is 0 Å². The number of nitrogens with one attached hydrogen (secondary N) is 3. The lowest BCUT2D eigenvalue weighted by atomic mass is 10.1. The molecule has 4 rings (SSSR count). The Kier molecular flexibility index (Phi) is 16.9. The van der Waals surface area contributed by atoms with E-state index >= 15 is 0 Å². The number of rotatable bonds is 20. The topological polar surface area (TPSA) is 158 Å². The molecule has 0 aromatic heterocycles. The molecule has 12 nitrogen and oxygen atoms in total. The third-order valence-corrected chi connectivity index (χ3v) is 7.93. The summed E-state index contributed by atoms with van der Waals surface area (Å²) in [6, 6.07) is 34.2. The van der Waals surface area contributed by atoms with Crippen LogP contribution < -0.4 is 16.0 Å². The first-order valence-electron chi connectivity index (χ1n) is 17.5. The van der Waals surface area contributed by atoms with E-state index in [-0.39, 0.29) is 52.2 Å². The molecule has 0 radical (unpaired) electrons. The molecule has 0 unspecified atom stereocenters. The predicted molar refractivity (Wildman–Crippen MR) is 196 cm³/mol. The second-order valence-corrected chi connectivity index (χ2v) is 12.1. The first kappa shape index (κ1) is 39.6. The summed E-state index contributed by atoms with van der Waals surface area (Å²) < 4.78 is 21.5. The zero-order valence-corrected chi connectivity index (χ0v) is 29.4. The van der Waals surface area contributed by atoms with Gasteiger partial charge in [0.1, 0.15) is 38.5 Å². The molecule has 278 valence electrons. The molecule has 0 spiro atoms. The standard InChI is InChI=1S/C41H45N3O9/c45-37(50-27-31-15-5-1-6-16-31)25-24-36(39(47)51-28-32-17-7-2-8-18-32)43-38(46)35(44-41(49)53-30-34-21-11-4-12-22-34)23-13-14-26-42-40(48)52-29-33-19-9-3-10-20-33/h1-12,15-22,35-36H,13-14,23-30H2,(H,42,48)(H,43,46)(H,44,49)/t35-,36-/m0/s1. The number of alkyl carbamates (subject to hydrolysis) is 2. The van der Waals surface area contributed by atoms with Crippen LogP contribution in [0.25, 0.3) is 0 Å². The number of amides is 3. The molecular formula is C41H45N3O9. The van der Waals surface area contributed by atoms with Crippen LogP contribution in [0.1, 0.15) is 54.4 Å². The van der Waals surface area contributed by atoms with Gasteiger partial charge in [0.2, 0.25) is 5.91 Å². The molecule has 4 aromatic rings. The highest BCUT2D eigenvalue weighted by Crippen LogP contribution is 2.11. The van der Waals surface area contributed by atoms with Gasteiger partial charge in [0.05, 0.1) is 0 Å². The van der Waals surface area contributed by atoms with Crippen LogP contribution in [0.15, 0.2) is 121 Å². The Morgan fingerprint density at radius 3 is 1.43 bits per heavy atom. The fourth-order valence-corrected chi connectivity index (χ4v) is 5.04. The Morgan fingerprint density at radius 2 is 0.925 bits per heavy atom. The summed E-state index contributed by atoms with van der Waals surface area (Å²) in [5, 5.41) is 7.95. The maximum atomic E-state index is 13.7. The van der Waals surface area contributed by atoms with Gasteiger partial charge in [0.25, 0.3) is 0 Å². The van der Waals surface area contributed by atoms with Crippen molar-refractivity contribution in [2.45, 2.75) is 70.6 Å². The van der Waals surface area contributed by atoms with Crippen molar-refractivity contribution in [2.75, 3.05) is 6.54 Å². The highest BCUT2D eigenvalue weighted by Gasteiger charge is 2.29. The quantitative estimate of drug-likeness (QED) is 0.0554. The molecule has 3 amide bonds. The van der Waals surface area contributed by atoms with E-state index in [2.05, 4.69) is 16.0 Å². The Morgan fingerprint density at radius 1 is 0.472 bits per heavy atom. The van der Waals surface area contributed by atoms with Crippen molar-refractivity contribution < 1.29 is 42.9 Å². The number of ether oxygens (including phenoxy) is 4. The van der Waals surface area contributed by atoms with Crippen LogP contribution in [-0.2, 0) is 59.8 Å². The first-order chi connectivity index (χ1) is 25.9. The van der Waals surface area contributed by atoms with Gasteiger partial charge in [-0.25, -0.2) is 14.4 Å². The fraction of sp³-hybridized carbons (Fsp3) is 0.293. The van der Waals surface area contributed by atoms with Gasteiger partial charge >= 0.3 is 24.1 Å². The van der Waals surface area contributed by atoms with Gasteiger partial charge in [-0.15, -0.1) is 0 Å². The van der Waals surface area contributed by atoms with Crippen molar-refractivity contribution in [1.82, 2.24) is 16.0 Å². The van der Waals surface area contributed by atoms with E-state index in [9.17, 15) is 24.0 Å². The van der Waals surface area contributed by atoms with Crippen LogP contribution in [-0.4, -0.2) is 48.7 Å². The van der Waals surface area contributed by atoms with Crippen molar-refractivity contribution in [3.05, 3.63) is 144 Å². The third-order valence-electron chi connectivity index (χ3n) is 7.93. The summed E-state index contributed by atoms with van der Waals surface area (Å²) in [6.45, 7) is 0.393. The predicted octanol–water partition coefficient (Wildman–Crippen LogP) is 6.13. The zero-order valence-electron chi connectivity index (χ0n) is 29.4. The van der Waals surface area contributed by atoms with E-state index in [1.54, 1.807) is 24.3 Å². The van der Waals surface area contributed by atoms with Crippen molar-refractivity contribution in [3.63, 3.8) is 0 Å². The molecule has 0 aliphatic rings. The first-order valence-corrected chi connectivity index (χ1v) is 17.5. The second-order valence-electron chi connectivity index (χ2n) is 12.1.